The molecule has 4 saturated carbocycles. The SMILES string of the molecule is C[C@H](CCC(=O)N(CCS(=O)(=O)O)C1CCOCC1)[C@H]1CC[C@H]2[C@@H]3CC[C@@H]4C[C@H](O)CC[C@]4(C)[C@H]3CC[C@]12C. The van der Waals surface area contributed by atoms with Gasteiger partial charge in [0.1, 0.15) is 0 Å². The summed E-state index contributed by atoms with van der Waals surface area (Å²) in [6.45, 7) is 8.68. The van der Waals surface area contributed by atoms with E-state index in [1.54, 1.807) is 4.90 Å². The molecule has 0 radical (unpaired) electrons. The zero-order valence-electron chi connectivity index (χ0n) is 24.5. The van der Waals surface area contributed by atoms with Gasteiger partial charge in [-0.15, -0.1) is 0 Å². The minimum atomic E-state index is -4.12. The molecular weight excluding hydrogens is 514 g/mol. The molecule has 1 saturated heterocycles. The fourth-order valence-corrected chi connectivity index (χ4v) is 11.1. The number of aliphatic hydroxyl groups is 1. The molecule has 2 N–H and O–H groups in total. The highest BCUT2D eigenvalue weighted by Crippen LogP contribution is 2.68. The number of aliphatic hydroxyl groups excluding tert-OH is 1. The van der Waals surface area contributed by atoms with Crippen molar-refractivity contribution in [2.75, 3.05) is 25.5 Å². The Balaban J connectivity index is 1.21. The third-order valence-corrected chi connectivity index (χ3v) is 13.5. The molecule has 0 unspecified atom stereocenters. The van der Waals surface area contributed by atoms with Crippen molar-refractivity contribution in [3.8, 4) is 0 Å². The average Bonchev–Trinajstić information content (AvgIpc) is 3.25. The molecular formula is C31H53NO6S. The summed E-state index contributed by atoms with van der Waals surface area (Å²) in [7, 11) is -4.12. The van der Waals surface area contributed by atoms with Crippen LogP contribution in [0.2, 0.25) is 0 Å². The van der Waals surface area contributed by atoms with Crippen LogP contribution in [0.25, 0.3) is 0 Å². The monoisotopic (exact) mass is 567 g/mol. The topological polar surface area (TPSA) is 104 Å². The van der Waals surface area contributed by atoms with E-state index < -0.39 is 15.9 Å². The van der Waals surface area contributed by atoms with Crippen molar-refractivity contribution in [3.05, 3.63) is 0 Å². The molecule has 1 aliphatic heterocycles. The van der Waals surface area contributed by atoms with Gasteiger partial charge in [0, 0.05) is 32.2 Å². The van der Waals surface area contributed by atoms with E-state index in [2.05, 4.69) is 20.8 Å². The minimum absolute atomic E-state index is 0.00986. The number of hydrogen-bond donors (Lipinski definition) is 2. The molecule has 0 aromatic carbocycles. The second-order valence-corrected chi connectivity index (χ2v) is 16.1. The fourth-order valence-electron chi connectivity index (χ4n) is 10.6. The number of amides is 1. The molecule has 9 atom stereocenters. The van der Waals surface area contributed by atoms with Gasteiger partial charge in [-0.3, -0.25) is 9.35 Å². The van der Waals surface area contributed by atoms with Gasteiger partial charge in [-0.1, -0.05) is 20.8 Å². The van der Waals surface area contributed by atoms with Gasteiger partial charge in [0.2, 0.25) is 5.91 Å². The quantitative estimate of drug-likeness (QED) is 0.385. The first-order chi connectivity index (χ1) is 18.4. The van der Waals surface area contributed by atoms with Gasteiger partial charge in [-0.05, 0) is 123 Å². The first-order valence-electron chi connectivity index (χ1n) is 15.9. The second kappa shape index (κ2) is 11.5. The van der Waals surface area contributed by atoms with Crippen LogP contribution in [0.1, 0.15) is 104 Å². The van der Waals surface area contributed by atoms with E-state index in [0.29, 0.717) is 48.2 Å². The Bertz CT molecular complexity index is 982. The van der Waals surface area contributed by atoms with Crippen LogP contribution in [0.4, 0.5) is 0 Å². The van der Waals surface area contributed by atoms with Crippen molar-refractivity contribution >= 4 is 16.0 Å². The number of carbonyl (C=O) groups is 1. The van der Waals surface area contributed by atoms with Crippen molar-refractivity contribution in [1.29, 1.82) is 0 Å². The molecule has 1 heterocycles. The Morgan fingerprint density at radius 3 is 2.38 bits per heavy atom. The third kappa shape index (κ3) is 5.96. The smallest absolute Gasteiger partial charge is 0.266 e. The highest BCUT2D eigenvalue weighted by atomic mass is 32.2. The molecule has 39 heavy (non-hydrogen) atoms. The minimum Gasteiger partial charge on any atom is -0.393 e. The van der Waals surface area contributed by atoms with Crippen LogP contribution in [-0.2, 0) is 19.6 Å². The van der Waals surface area contributed by atoms with Gasteiger partial charge in [0.15, 0.2) is 0 Å². The number of nitrogens with zero attached hydrogens (tertiary/aromatic N) is 1. The van der Waals surface area contributed by atoms with E-state index in [-0.39, 0.29) is 24.6 Å². The average molecular weight is 568 g/mol. The van der Waals surface area contributed by atoms with Crippen LogP contribution in [0.5, 0.6) is 0 Å². The molecule has 0 aromatic heterocycles. The van der Waals surface area contributed by atoms with Gasteiger partial charge in [0.05, 0.1) is 11.9 Å². The lowest BCUT2D eigenvalue weighted by Crippen LogP contribution is -2.54. The summed E-state index contributed by atoms with van der Waals surface area (Å²) < 4.78 is 37.7. The Hall–Kier alpha value is -0.700. The molecule has 5 aliphatic rings. The third-order valence-electron chi connectivity index (χ3n) is 12.8. The lowest BCUT2D eigenvalue weighted by atomic mass is 9.44. The summed E-state index contributed by atoms with van der Waals surface area (Å²) in [5, 5.41) is 10.3. The summed E-state index contributed by atoms with van der Waals surface area (Å²) in [4.78, 5) is 15.1. The lowest BCUT2D eigenvalue weighted by molar-refractivity contribution is -0.136. The van der Waals surface area contributed by atoms with E-state index in [1.165, 1.54) is 44.9 Å². The van der Waals surface area contributed by atoms with E-state index in [9.17, 15) is 22.9 Å². The van der Waals surface area contributed by atoms with Crippen LogP contribution in [-0.4, -0.2) is 66.5 Å². The van der Waals surface area contributed by atoms with Crippen molar-refractivity contribution < 1.29 is 27.6 Å². The number of fused-ring (bicyclic) bond motifs is 5. The Morgan fingerprint density at radius 1 is 0.974 bits per heavy atom. The van der Waals surface area contributed by atoms with E-state index in [4.69, 9.17) is 4.74 Å². The van der Waals surface area contributed by atoms with Crippen molar-refractivity contribution in [3.63, 3.8) is 0 Å². The van der Waals surface area contributed by atoms with E-state index in [0.717, 1.165) is 49.9 Å². The number of hydrogen-bond acceptors (Lipinski definition) is 5. The first-order valence-corrected chi connectivity index (χ1v) is 17.5. The fraction of sp³-hybridized carbons (Fsp3) is 0.968. The van der Waals surface area contributed by atoms with E-state index in [1.807, 2.05) is 0 Å². The summed E-state index contributed by atoms with van der Waals surface area (Å²) >= 11 is 0. The summed E-state index contributed by atoms with van der Waals surface area (Å²) in [6.07, 6.45) is 13.6. The van der Waals surface area contributed by atoms with Crippen molar-refractivity contribution in [2.45, 2.75) is 116 Å². The predicted octanol–water partition coefficient (Wildman–Crippen LogP) is 5.32. The van der Waals surface area contributed by atoms with Gasteiger partial charge < -0.3 is 14.7 Å². The van der Waals surface area contributed by atoms with Crippen molar-refractivity contribution in [2.24, 2.45) is 46.3 Å². The second-order valence-electron chi connectivity index (χ2n) is 14.5. The predicted molar refractivity (Wildman–Crippen MR) is 152 cm³/mol. The standard InChI is InChI=1S/C31H53NO6S/c1-21(4-9-29(34)32(16-19-39(35,36)37)23-12-17-38-18-13-23)26-7-8-27-25-6-5-22-20-24(33)10-14-30(22,2)28(25)11-15-31(26,27)3/h21-28,33H,4-20H2,1-3H3,(H,35,36,37)/t21-,22-,24-,25+,26-,27+,28+,30+,31-/m1/s1. The van der Waals surface area contributed by atoms with Crippen molar-refractivity contribution in [1.82, 2.24) is 4.90 Å². The molecule has 8 heteroatoms. The maximum Gasteiger partial charge on any atom is 0.266 e. The Labute approximate surface area is 236 Å². The molecule has 0 aromatic rings. The van der Waals surface area contributed by atoms with Crippen LogP contribution < -0.4 is 0 Å². The number of rotatable bonds is 8. The highest BCUT2D eigenvalue weighted by Gasteiger charge is 2.60. The van der Waals surface area contributed by atoms with Crippen LogP contribution in [0, 0.1) is 46.3 Å². The zero-order chi connectivity index (χ0) is 28.0. The molecule has 5 fully saturated rings. The van der Waals surface area contributed by atoms with Crippen LogP contribution in [0.15, 0.2) is 0 Å². The lowest BCUT2D eigenvalue weighted by Gasteiger charge is -2.61. The Kier molecular flexibility index (Phi) is 8.80. The van der Waals surface area contributed by atoms with Gasteiger partial charge >= 0.3 is 0 Å². The molecule has 0 bridgehead atoms. The zero-order valence-corrected chi connectivity index (χ0v) is 25.3. The van der Waals surface area contributed by atoms with Crippen LogP contribution >= 0.6 is 0 Å². The maximum absolute atomic E-state index is 13.4. The molecule has 7 nitrogen and oxygen atoms in total. The number of ether oxygens (including phenoxy) is 1. The number of carbonyl (C=O) groups excluding carboxylic acids is 1. The maximum atomic E-state index is 13.4. The largest absolute Gasteiger partial charge is 0.393 e. The van der Waals surface area contributed by atoms with Gasteiger partial charge in [-0.25, -0.2) is 0 Å². The van der Waals surface area contributed by atoms with Gasteiger partial charge in [0.25, 0.3) is 10.1 Å². The summed E-state index contributed by atoms with van der Waals surface area (Å²) in [5.74, 6) is 3.77. The molecule has 0 spiro atoms. The molecule has 224 valence electrons. The molecule has 1 amide bonds. The summed E-state index contributed by atoms with van der Waals surface area (Å²) in [5.41, 5.74) is 0.738. The Morgan fingerprint density at radius 2 is 1.67 bits per heavy atom. The normalized spacial score (nSPS) is 41.8. The van der Waals surface area contributed by atoms with E-state index >= 15 is 0 Å². The molecule has 4 aliphatic carbocycles. The highest BCUT2D eigenvalue weighted by molar-refractivity contribution is 7.85. The van der Waals surface area contributed by atoms with Gasteiger partial charge in [-0.2, -0.15) is 8.42 Å². The molecule has 5 rings (SSSR count). The summed E-state index contributed by atoms with van der Waals surface area (Å²) in [6, 6.07) is -0.00986. The van der Waals surface area contributed by atoms with Crippen LogP contribution in [0.3, 0.4) is 0 Å². The first kappa shape index (κ1) is 29.8.